The standard InChI is InChI=1S/C11H21NO4/c1-8(6-12)5-9(10(14)15-7-13)16-11(2,3)4/h7-9H,5-6,12H2,1-4H3. The Morgan fingerprint density at radius 3 is 2.38 bits per heavy atom. The van der Waals surface area contributed by atoms with Crippen LogP contribution in [0.5, 0.6) is 0 Å². The first-order valence-electron chi connectivity index (χ1n) is 5.32. The van der Waals surface area contributed by atoms with Crippen molar-refractivity contribution >= 4 is 12.4 Å². The van der Waals surface area contributed by atoms with Crippen LogP contribution < -0.4 is 5.73 Å². The maximum absolute atomic E-state index is 11.5. The van der Waals surface area contributed by atoms with Gasteiger partial charge < -0.3 is 15.2 Å². The van der Waals surface area contributed by atoms with E-state index in [1.165, 1.54) is 0 Å². The number of rotatable bonds is 6. The van der Waals surface area contributed by atoms with Crippen molar-refractivity contribution in [3.8, 4) is 0 Å². The quantitative estimate of drug-likeness (QED) is 0.416. The number of ether oxygens (including phenoxy) is 2. The molecule has 0 aromatic heterocycles. The second kappa shape index (κ2) is 6.60. The van der Waals surface area contributed by atoms with Crippen molar-refractivity contribution in [2.24, 2.45) is 11.7 Å². The van der Waals surface area contributed by atoms with Gasteiger partial charge in [0.1, 0.15) is 0 Å². The Labute approximate surface area is 96.3 Å². The fraction of sp³-hybridized carbons (Fsp3) is 0.818. The van der Waals surface area contributed by atoms with E-state index in [1.807, 2.05) is 27.7 Å². The highest BCUT2D eigenvalue weighted by Crippen LogP contribution is 2.17. The summed E-state index contributed by atoms with van der Waals surface area (Å²) in [7, 11) is 0. The molecule has 0 saturated carbocycles. The minimum Gasteiger partial charge on any atom is -0.394 e. The van der Waals surface area contributed by atoms with E-state index < -0.39 is 17.7 Å². The fourth-order valence-electron chi connectivity index (χ4n) is 1.20. The van der Waals surface area contributed by atoms with Gasteiger partial charge in [0.15, 0.2) is 6.10 Å². The van der Waals surface area contributed by atoms with Crippen molar-refractivity contribution in [2.45, 2.75) is 45.8 Å². The highest BCUT2D eigenvalue weighted by atomic mass is 16.6. The lowest BCUT2D eigenvalue weighted by atomic mass is 10.0. The molecule has 0 spiro atoms. The monoisotopic (exact) mass is 231 g/mol. The number of carbonyl (C=O) groups is 2. The first kappa shape index (κ1) is 15.1. The molecule has 0 fully saturated rings. The Balaban J connectivity index is 4.49. The zero-order chi connectivity index (χ0) is 12.8. The van der Waals surface area contributed by atoms with E-state index in [4.69, 9.17) is 10.5 Å². The summed E-state index contributed by atoms with van der Waals surface area (Å²) in [5, 5.41) is 0. The van der Waals surface area contributed by atoms with Gasteiger partial charge in [0.2, 0.25) is 0 Å². The number of nitrogens with two attached hydrogens (primary N) is 1. The van der Waals surface area contributed by atoms with Gasteiger partial charge in [-0.05, 0) is 39.7 Å². The Kier molecular flexibility index (Phi) is 6.21. The summed E-state index contributed by atoms with van der Waals surface area (Å²) in [5.41, 5.74) is 5.01. The van der Waals surface area contributed by atoms with Gasteiger partial charge in [-0.15, -0.1) is 0 Å². The maximum Gasteiger partial charge on any atom is 0.342 e. The van der Waals surface area contributed by atoms with Crippen LogP contribution in [0, 0.1) is 5.92 Å². The molecular weight excluding hydrogens is 210 g/mol. The molecule has 0 aromatic carbocycles. The van der Waals surface area contributed by atoms with Gasteiger partial charge in [0.05, 0.1) is 5.60 Å². The Hall–Kier alpha value is -0.940. The molecule has 2 atom stereocenters. The number of hydrogen-bond donors (Lipinski definition) is 1. The van der Waals surface area contributed by atoms with E-state index in [0.717, 1.165) is 0 Å². The molecule has 0 aliphatic heterocycles. The molecule has 0 rings (SSSR count). The molecule has 0 saturated heterocycles. The normalized spacial score (nSPS) is 15.3. The van der Waals surface area contributed by atoms with E-state index in [-0.39, 0.29) is 12.4 Å². The van der Waals surface area contributed by atoms with E-state index in [9.17, 15) is 9.59 Å². The lowest BCUT2D eigenvalue weighted by Crippen LogP contribution is -2.36. The maximum atomic E-state index is 11.5. The van der Waals surface area contributed by atoms with Crippen molar-refractivity contribution in [1.82, 2.24) is 0 Å². The molecule has 0 heterocycles. The zero-order valence-corrected chi connectivity index (χ0v) is 10.4. The highest BCUT2D eigenvalue weighted by molar-refractivity contribution is 5.80. The summed E-state index contributed by atoms with van der Waals surface area (Å²) in [4.78, 5) is 21.6. The van der Waals surface area contributed by atoms with Gasteiger partial charge in [-0.1, -0.05) is 6.92 Å². The molecule has 0 bridgehead atoms. The molecule has 5 nitrogen and oxygen atoms in total. The third-order valence-corrected chi connectivity index (χ3v) is 1.94. The summed E-state index contributed by atoms with van der Waals surface area (Å²) in [6.45, 7) is 7.99. The Morgan fingerprint density at radius 1 is 1.44 bits per heavy atom. The summed E-state index contributed by atoms with van der Waals surface area (Å²) in [5.74, 6) is -0.531. The summed E-state index contributed by atoms with van der Waals surface area (Å²) in [6, 6.07) is 0. The van der Waals surface area contributed by atoms with Gasteiger partial charge in [0.25, 0.3) is 0 Å². The molecule has 0 aliphatic rings. The predicted octanol–water partition coefficient (Wildman–Crippen LogP) is 0.855. The largest absolute Gasteiger partial charge is 0.394 e. The number of carbonyl (C=O) groups excluding carboxylic acids is 2. The second-order valence-corrected chi connectivity index (χ2v) is 4.83. The van der Waals surface area contributed by atoms with Crippen molar-refractivity contribution < 1.29 is 19.1 Å². The van der Waals surface area contributed by atoms with Crippen LogP contribution in [0.3, 0.4) is 0 Å². The molecule has 94 valence electrons. The smallest absolute Gasteiger partial charge is 0.342 e. The van der Waals surface area contributed by atoms with Crippen molar-refractivity contribution in [1.29, 1.82) is 0 Å². The SMILES string of the molecule is CC(CN)CC(OC(C)(C)C)C(=O)OC=O. The number of esters is 1. The van der Waals surface area contributed by atoms with Crippen LogP contribution in [0.2, 0.25) is 0 Å². The average molecular weight is 231 g/mol. The lowest BCUT2D eigenvalue weighted by Gasteiger charge is -2.27. The summed E-state index contributed by atoms with van der Waals surface area (Å²) < 4.78 is 9.85. The molecular formula is C11H21NO4. The third kappa shape index (κ3) is 6.53. The molecule has 2 N–H and O–H groups in total. The fourth-order valence-corrected chi connectivity index (χ4v) is 1.20. The topological polar surface area (TPSA) is 78.6 Å². The third-order valence-electron chi connectivity index (χ3n) is 1.94. The number of hydrogen-bond acceptors (Lipinski definition) is 5. The van der Waals surface area contributed by atoms with Crippen LogP contribution in [-0.4, -0.2) is 30.7 Å². The van der Waals surface area contributed by atoms with E-state index in [2.05, 4.69) is 4.74 Å². The Morgan fingerprint density at radius 2 is 2.00 bits per heavy atom. The highest BCUT2D eigenvalue weighted by Gasteiger charge is 2.28. The first-order chi connectivity index (χ1) is 7.30. The minimum absolute atomic E-state index is 0.120. The first-order valence-corrected chi connectivity index (χ1v) is 5.32. The second-order valence-electron chi connectivity index (χ2n) is 4.83. The van der Waals surface area contributed by atoms with Gasteiger partial charge in [-0.2, -0.15) is 0 Å². The molecule has 0 radical (unpaired) electrons. The zero-order valence-electron chi connectivity index (χ0n) is 10.4. The molecule has 16 heavy (non-hydrogen) atoms. The molecule has 2 unspecified atom stereocenters. The molecule has 0 amide bonds. The van der Waals surface area contributed by atoms with Crippen LogP contribution in [0.1, 0.15) is 34.1 Å². The molecule has 0 aliphatic carbocycles. The van der Waals surface area contributed by atoms with Crippen LogP contribution in [0.15, 0.2) is 0 Å². The van der Waals surface area contributed by atoms with E-state index >= 15 is 0 Å². The van der Waals surface area contributed by atoms with Crippen LogP contribution in [0.25, 0.3) is 0 Å². The van der Waals surface area contributed by atoms with Gasteiger partial charge in [0, 0.05) is 0 Å². The average Bonchev–Trinajstić information content (AvgIpc) is 2.14. The van der Waals surface area contributed by atoms with Crippen LogP contribution in [0.4, 0.5) is 0 Å². The van der Waals surface area contributed by atoms with Crippen LogP contribution >= 0.6 is 0 Å². The van der Waals surface area contributed by atoms with Crippen LogP contribution in [-0.2, 0) is 19.1 Å². The minimum atomic E-state index is -0.747. The van der Waals surface area contributed by atoms with E-state index in [0.29, 0.717) is 13.0 Å². The molecule has 0 aromatic rings. The van der Waals surface area contributed by atoms with Gasteiger partial charge in [-0.25, -0.2) is 4.79 Å². The van der Waals surface area contributed by atoms with Crippen molar-refractivity contribution in [2.75, 3.05) is 6.54 Å². The van der Waals surface area contributed by atoms with E-state index in [1.54, 1.807) is 0 Å². The van der Waals surface area contributed by atoms with Gasteiger partial charge >= 0.3 is 12.4 Å². The summed E-state index contributed by atoms with van der Waals surface area (Å²) >= 11 is 0. The van der Waals surface area contributed by atoms with Crippen molar-refractivity contribution in [3.05, 3.63) is 0 Å². The lowest BCUT2D eigenvalue weighted by molar-refractivity contribution is -0.170. The Bertz CT molecular complexity index is 235. The summed E-state index contributed by atoms with van der Waals surface area (Å²) in [6.07, 6.45) is -0.302. The van der Waals surface area contributed by atoms with Gasteiger partial charge in [-0.3, -0.25) is 4.79 Å². The van der Waals surface area contributed by atoms with Crippen molar-refractivity contribution in [3.63, 3.8) is 0 Å². The molecule has 5 heteroatoms. The predicted molar refractivity (Wildman–Crippen MR) is 59.6 cm³/mol.